The molecular formula is C12H12ClNO3. The number of nitrogens with zero attached hydrogens (tertiary/aromatic N) is 1. The fraction of sp³-hybridized carbons (Fsp3) is 0.333. The zero-order valence-corrected chi connectivity index (χ0v) is 10.3. The SMILES string of the molecule is COC(=O)CC1(C)N=C(Cl)c2ccccc2O1. The van der Waals surface area contributed by atoms with Crippen LogP contribution >= 0.6 is 11.6 Å². The van der Waals surface area contributed by atoms with Gasteiger partial charge in [-0.2, -0.15) is 0 Å². The van der Waals surface area contributed by atoms with Gasteiger partial charge in [-0.15, -0.1) is 0 Å². The highest BCUT2D eigenvalue weighted by molar-refractivity contribution is 6.70. The summed E-state index contributed by atoms with van der Waals surface area (Å²) in [6.07, 6.45) is 0.0219. The van der Waals surface area contributed by atoms with E-state index in [4.69, 9.17) is 16.3 Å². The van der Waals surface area contributed by atoms with Crippen molar-refractivity contribution in [3.05, 3.63) is 29.8 Å². The number of fused-ring (bicyclic) bond motifs is 1. The van der Waals surface area contributed by atoms with E-state index in [0.29, 0.717) is 10.9 Å². The van der Waals surface area contributed by atoms with E-state index < -0.39 is 5.72 Å². The van der Waals surface area contributed by atoms with Gasteiger partial charge in [0.2, 0.25) is 5.72 Å². The van der Waals surface area contributed by atoms with Gasteiger partial charge in [-0.1, -0.05) is 23.7 Å². The van der Waals surface area contributed by atoms with Crippen molar-refractivity contribution in [3.8, 4) is 5.75 Å². The van der Waals surface area contributed by atoms with Crippen LogP contribution in [0.1, 0.15) is 18.9 Å². The number of esters is 1. The molecule has 1 aromatic rings. The van der Waals surface area contributed by atoms with Gasteiger partial charge in [0.1, 0.15) is 17.3 Å². The fourth-order valence-electron chi connectivity index (χ4n) is 1.67. The zero-order valence-electron chi connectivity index (χ0n) is 9.57. The molecule has 2 rings (SSSR count). The van der Waals surface area contributed by atoms with Crippen molar-refractivity contribution in [1.29, 1.82) is 0 Å². The molecule has 0 amide bonds. The van der Waals surface area contributed by atoms with Crippen molar-refractivity contribution in [2.45, 2.75) is 19.1 Å². The molecule has 17 heavy (non-hydrogen) atoms. The number of carbonyl (C=O) groups is 1. The normalized spacial score (nSPS) is 22.2. The number of halogens is 1. The third-order valence-corrected chi connectivity index (χ3v) is 2.76. The quantitative estimate of drug-likeness (QED) is 0.760. The maximum absolute atomic E-state index is 11.3. The Morgan fingerprint density at radius 1 is 1.53 bits per heavy atom. The maximum atomic E-state index is 11.3. The zero-order chi connectivity index (χ0) is 12.5. The largest absolute Gasteiger partial charge is 0.469 e. The van der Waals surface area contributed by atoms with Crippen LogP contribution in [0.3, 0.4) is 0 Å². The Morgan fingerprint density at radius 3 is 2.94 bits per heavy atom. The lowest BCUT2D eigenvalue weighted by atomic mass is 10.1. The Morgan fingerprint density at radius 2 is 2.24 bits per heavy atom. The molecule has 1 heterocycles. The average Bonchev–Trinajstić information content (AvgIpc) is 2.28. The third-order valence-electron chi connectivity index (χ3n) is 2.47. The highest BCUT2D eigenvalue weighted by atomic mass is 35.5. The highest BCUT2D eigenvalue weighted by Crippen LogP contribution is 2.33. The van der Waals surface area contributed by atoms with Gasteiger partial charge in [-0.25, -0.2) is 4.99 Å². The molecule has 4 nitrogen and oxygen atoms in total. The molecule has 0 saturated carbocycles. The van der Waals surface area contributed by atoms with Crippen LogP contribution in [0.5, 0.6) is 5.75 Å². The van der Waals surface area contributed by atoms with Gasteiger partial charge in [0.15, 0.2) is 0 Å². The van der Waals surface area contributed by atoms with Crippen molar-refractivity contribution in [1.82, 2.24) is 0 Å². The molecular weight excluding hydrogens is 242 g/mol. The van der Waals surface area contributed by atoms with Crippen LogP contribution < -0.4 is 4.74 Å². The molecule has 5 heteroatoms. The summed E-state index contributed by atoms with van der Waals surface area (Å²) in [7, 11) is 1.33. The molecule has 0 saturated heterocycles. The van der Waals surface area contributed by atoms with Crippen LogP contribution in [0.25, 0.3) is 0 Å². The Kier molecular flexibility index (Phi) is 3.07. The van der Waals surface area contributed by atoms with Gasteiger partial charge in [0.25, 0.3) is 0 Å². The van der Waals surface area contributed by atoms with Crippen LogP contribution in [0.4, 0.5) is 0 Å². The number of benzene rings is 1. The van der Waals surface area contributed by atoms with Crippen LogP contribution in [0.2, 0.25) is 0 Å². The van der Waals surface area contributed by atoms with Crippen molar-refractivity contribution < 1.29 is 14.3 Å². The summed E-state index contributed by atoms with van der Waals surface area (Å²) in [5.74, 6) is 0.235. The molecule has 0 radical (unpaired) electrons. The number of ether oxygens (including phenoxy) is 2. The standard InChI is InChI=1S/C12H12ClNO3/c1-12(7-10(15)16-2)14-11(13)8-5-3-4-6-9(8)17-12/h3-6H,7H2,1-2H3. The number of aliphatic imine (C=N–C) groups is 1. The van der Waals surface area contributed by atoms with E-state index in [9.17, 15) is 4.79 Å². The number of rotatable bonds is 2. The molecule has 0 aromatic heterocycles. The van der Waals surface area contributed by atoms with Crippen molar-refractivity contribution in [3.63, 3.8) is 0 Å². The summed E-state index contributed by atoms with van der Waals surface area (Å²) in [6.45, 7) is 1.70. The van der Waals surface area contributed by atoms with E-state index >= 15 is 0 Å². The molecule has 1 atom stereocenters. The first-order chi connectivity index (χ1) is 8.04. The first-order valence-electron chi connectivity index (χ1n) is 5.15. The van der Waals surface area contributed by atoms with E-state index in [1.165, 1.54) is 7.11 Å². The lowest BCUT2D eigenvalue weighted by molar-refractivity contribution is -0.144. The molecule has 1 aliphatic heterocycles. The smallest absolute Gasteiger partial charge is 0.311 e. The Bertz CT molecular complexity index is 486. The van der Waals surface area contributed by atoms with E-state index in [0.717, 1.165) is 5.56 Å². The molecule has 0 N–H and O–H groups in total. The van der Waals surface area contributed by atoms with E-state index in [1.807, 2.05) is 18.2 Å². The molecule has 0 bridgehead atoms. The van der Waals surface area contributed by atoms with E-state index in [-0.39, 0.29) is 12.4 Å². The summed E-state index contributed by atoms with van der Waals surface area (Å²) >= 11 is 6.08. The predicted molar refractivity (Wildman–Crippen MR) is 64.5 cm³/mol. The van der Waals surface area contributed by atoms with Gasteiger partial charge < -0.3 is 9.47 Å². The molecule has 0 spiro atoms. The maximum Gasteiger partial charge on any atom is 0.311 e. The number of hydrogen-bond donors (Lipinski definition) is 0. The second-order valence-electron chi connectivity index (χ2n) is 3.93. The number of para-hydroxylation sites is 1. The van der Waals surface area contributed by atoms with Gasteiger partial charge in [0, 0.05) is 0 Å². The van der Waals surface area contributed by atoms with Gasteiger partial charge >= 0.3 is 5.97 Å². The van der Waals surface area contributed by atoms with Gasteiger partial charge in [0.05, 0.1) is 12.7 Å². The number of methoxy groups -OCH3 is 1. The molecule has 1 aliphatic rings. The predicted octanol–water partition coefficient (Wildman–Crippen LogP) is 2.34. The fourth-order valence-corrected chi connectivity index (χ4v) is 2.00. The number of carbonyl (C=O) groups excluding carboxylic acids is 1. The van der Waals surface area contributed by atoms with Crippen LogP contribution in [-0.2, 0) is 9.53 Å². The average molecular weight is 254 g/mol. The summed E-state index contributed by atoms with van der Waals surface area (Å²) < 4.78 is 10.3. The summed E-state index contributed by atoms with van der Waals surface area (Å²) in [5.41, 5.74) is -0.269. The minimum absolute atomic E-state index is 0.0219. The van der Waals surface area contributed by atoms with Crippen LogP contribution in [-0.4, -0.2) is 24.0 Å². The lowest BCUT2D eigenvalue weighted by Crippen LogP contribution is -2.37. The Balaban J connectivity index is 2.32. The number of hydrogen-bond acceptors (Lipinski definition) is 4. The second-order valence-corrected chi connectivity index (χ2v) is 4.29. The van der Waals surface area contributed by atoms with Gasteiger partial charge in [-0.3, -0.25) is 4.79 Å². The van der Waals surface area contributed by atoms with Crippen molar-refractivity contribution in [2.75, 3.05) is 7.11 Å². The molecule has 1 unspecified atom stereocenters. The third kappa shape index (κ3) is 2.42. The highest BCUT2D eigenvalue weighted by Gasteiger charge is 2.34. The van der Waals surface area contributed by atoms with Crippen LogP contribution in [0, 0.1) is 0 Å². The monoisotopic (exact) mass is 253 g/mol. The Labute approximate surface area is 104 Å². The first-order valence-corrected chi connectivity index (χ1v) is 5.52. The molecule has 0 fully saturated rings. The van der Waals surface area contributed by atoms with Crippen LogP contribution in [0.15, 0.2) is 29.3 Å². The summed E-state index contributed by atoms with van der Waals surface area (Å²) in [4.78, 5) is 15.5. The summed E-state index contributed by atoms with van der Waals surface area (Å²) in [5, 5.41) is 0.346. The summed E-state index contributed by atoms with van der Waals surface area (Å²) in [6, 6.07) is 7.30. The Hall–Kier alpha value is -1.55. The second kappa shape index (κ2) is 4.37. The lowest BCUT2D eigenvalue weighted by Gasteiger charge is -2.30. The van der Waals surface area contributed by atoms with Crippen molar-refractivity contribution in [2.24, 2.45) is 4.99 Å². The van der Waals surface area contributed by atoms with E-state index in [2.05, 4.69) is 9.73 Å². The molecule has 90 valence electrons. The topological polar surface area (TPSA) is 47.9 Å². The van der Waals surface area contributed by atoms with Crippen molar-refractivity contribution >= 4 is 22.7 Å². The van der Waals surface area contributed by atoms with E-state index in [1.54, 1.807) is 13.0 Å². The minimum atomic E-state index is -1.00. The molecule has 0 aliphatic carbocycles. The van der Waals surface area contributed by atoms with Gasteiger partial charge in [-0.05, 0) is 19.1 Å². The minimum Gasteiger partial charge on any atom is -0.469 e. The first kappa shape index (κ1) is 11.9. The molecule has 1 aromatic carbocycles.